The van der Waals surface area contributed by atoms with Crippen molar-refractivity contribution in [3.8, 4) is 0 Å². The van der Waals surface area contributed by atoms with E-state index in [9.17, 15) is 14.7 Å². The molecule has 0 radical (unpaired) electrons. The minimum Gasteiger partial charge on any atom is -0.545 e. The molecule has 2 rings (SSSR count). The van der Waals surface area contributed by atoms with E-state index in [1.165, 1.54) is 0 Å². The molecule has 0 aromatic heterocycles. The van der Waals surface area contributed by atoms with Crippen LogP contribution in [0.5, 0.6) is 0 Å². The zero-order valence-electron chi connectivity index (χ0n) is 12.0. The zero-order valence-corrected chi connectivity index (χ0v) is 12.0. The molecule has 0 fully saturated rings. The summed E-state index contributed by atoms with van der Waals surface area (Å²) >= 11 is 0. The third-order valence-electron chi connectivity index (χ3n) is 3.11. The summed E-state index contributed by atoms with van der Waals surface area (Å²) in [6.45, 7) is 0.817. The first-order valence-electron chi connectivity index (χ1n) is 6.91. The van der Waals surface area contributed by atoms with E-state index in [-0.39, 0.29) is 5.91 Å². The molecule has 0 saturated carbocycles. The number of carboxylic acid groups (broad SMARTS) is 1. The Morgan fingerprint density at radius 1 is 0.818 bits per heavy atom. The first kappa shape index (κ1) is 15.5. The van der Waals surface area contributed by atoms with E-state index in [0.29, 0.717) is 13.1 Å². The third kappa shape index (κ3) is 4.90. The fourth-order valence-corrected chi connectivity index (χ4v) is 2.06. The van der Waals surface area contributed by atoms with Gasteiger partial charge in [0.05, 0.1) is 5.97 Å². The molecule has 112 valence electrons. The molecule has 2 aromatic carbocycles. The first-order valence-corrected chi connectivity index (χ1v) is 6.91. The number of benzene rings is 2. The molecule has 0 aliphatic rings. The fraction of sp³-hybridized carbons (Fsp3) is 0.111. The van der Waals surface area contributed by atoms with Gasteiger partial charge >= 0.3 is 0 Å². The second-order valence-corrected chi connectivity index (χ2v) is 4.82. The van der Waals surface area contributed by atoms with E-state index in [4.69, 9.17) is 0 Å². The van der Waals surface area contributed by atoms with Gasteiger partial charge in [-0.2, -0.15) is 0 Å². The third-order valence-corrected chi connectivity index (χ3v) is 3.11. The van der Waals surface area contributed by atoms with Crippen molar-refractivity contribution in [2.24, 2.45) is 0 Å². The smallest absolute Gasteiger partial charge is 0.247 e. The Bertz CT molecular complexity index is 609. The normalized spacial score (nSPS) is 10.5. The van der Waals surface area contributed by atoms with Crippen LogP contribution in [-0.4, -0.2) is 16.8 Å². The summed E-state index contributed by atoms with van der Waals surface area (Å²) in [7, 11) is 0. The summed E-state index contributed by atoms with van der Waals surface area (Å²) in [5.41, 5.74) is 1.96. The summed E-state index contributed by atoms with van der Waals surface area (Å²) in [6.07, 6.45) is 1.78. The Labute approximate surface area is 129 Å². The monoisotopic (exact) mass is 294 g/mol. The maximum atomic E-state index is 12.2. The van der Waals surface area contributed by atoms with Gasteiger partial charge < -0.3 is 14.8 Å². The van der Waals surface area contributed by atoms with Crippen LogP contribution in [0.2, 0.25) is 0 Å². The van der Waals surface area contributed by atoms with Crippen LogP contribution in [0.3, 0.4) is 0 Å². The molecule has 22 heavy (non-hydrogen) atoms. The van der Waals surface area contributed by atoms with Crippen LogP contribution in [0.15, 0.2) is 72.8 Å². The Morgan fingerprint density at radius 3 is 1.68 bits per heavy atom. The molecule has 4 heteroatoms. The lowest BCUT2D eigenvalue weighted by Crippen LogP contribution is -2.29. The fourth-order valence-electron chi connectivity index (χ4n) is 2.06. The van der Waals surface area contributed by atoms with Gasteiger partial charge in [-0.25, -0.2) is 0 Å². The topological polar surface area (TPSA) is 60.4 Å². The minimum atomic E-state index is -1.38. The average molecular weight is 294 g/mol. The second kappa shape index (κ2) is 7.78. The van der Waals surface area contributed by atoms with Crippen molar-refractivity contribution in [2.45, 2.75) is 13.1 Å². The molecule has 1 amide bonds. The Hall–Kier alpha value is -2.88. The molecule has 0 saturated heterocycles. The molecule has 2 aromatic rings. The SMILES string of the molecule is O=C([O-])C=CC(=O)N(Cc1ccccc1)Cc1ccccc1. The molecule has 0 N–H and O–H groups in total. The van der Waals surface area contributed by atoms with Gasteiger partial charge in [-0.05, 0) is 17.2 Å². The van der Waals surface area contributed by atoms with Crippen molar-refractivity contribution < 1.29 is 14.7 Å². The van der Waals surface area contributed by atoms with Crippen LogP contribution < -0.4 is 5.11 Å². The standard InChI is InChI=1S/C18H17NO3/c20-17(11-12-18(21)22)19(13-15-7-3-1-4-8-15)14-16-9-5-2-6-10-16/h1-12H,13-14H2,(H,21,22)/p-1. The van der Waals surface area contributed by atoms with Gasteiger partial charge in [-0.1, -0.05) is 60.7 Å². The number of carbonyl (C=O) groups is 2. The van der Waals surface area contributed by atoms with E-state index in [0.717, 1.165) is 23.3 Å². The van der Waals surface area contributed by atoms with Crippen molar-refractivity contribution >= 4 is 11.9 Å². The number of carboxylic acids is 1. The van der Waals surface area contributed by atoms with Gasteiger partial charge in [0, 0.05) is 19.2 Å². The van der Waals surface area contributed by atoms with Gasteiger partial charge in [0.15, 0.2) is 0 Å². The Morgan fingerprint density at radius 2 is 1.27 bits per heavy atom. The number of hydrogen-bond acceptors (Lipinski definition) is 3. The maximum Gasteiger partial charge on any atom is 0.247 e. The lowest BCUT2D eigenvalue weighted by molar-refractivity contribution is -0.297. The largest absolute Gasteiger partial charge is 0.545 e. The quantitative estimate of drug-likeness (QED) is 0.759. The molecule has 4 nitrogen and oxygen atoms in total. The van der Waals surface area contributed by atoms with Crippen molar-refractivity contribution in [3.05, 3.63) is 83.9 Å². The summed E-state index contributed by atoms with van der Waals surface area (Å²) in [4.78, 5) is 24.3. The summed E-state index contributed by atoms with van der Waals surface area (Å²) in [6, 6.07) is 19.1. The van der Waals surface area contributed by atoms with Crippen LogP contribution in [-0.2, 0) is 22.7 Å². The van der Waals surface area contributed by atoms with Crippen LogP contribution >= 0.6 is 0 Å². The maximum absolute atomic E-state index is 12.2. The Balaban J connectivity index is 2.16. The highest BCUT2D eigenvalue weighted by Crippen LogP contribution is 2.10. The van der Waals surface area contributed by atoms with Crippen LogP contribution in [0.4, 0.5) is 0 Å². The van der Waals surface area contributed by atoms with Crippen molar-refractivity contribution in [2.75, 3.05) is 0 Å². The predicted octanol–water partition coefficient (Wildman–Crippen LogP) is 1.52. The lowest BCUT2D eigenvalue weighted by Gasteiger charge is -2.21. The number of nitrogens with zero attached hydrogens (tertiary/aromatic N) is 1. The number of carbonyl (C=O) groups excluding carboxylic acids is 2. The van der Waals surface area contributed by atoms with E-state index >= 15 is 0 Å². The van der Waals surface area contributed by atoms with Gasteiger partial charge in [-0.15, -0.1) is 0 Å². The molecule has 0 atom stereocenters. The molecule has 0 heterocycles. The lowest BCUT2D eigenvalue weighted by atomic mass is 10.1. The van der Waals surface area contributed by atoms with E-state index in [2.05, 4.69) is 0 Å². The van der Waals surface area contributed by atoms with E-state index in [1.807, 2.05) is 60.7 Å². The number of amides is 1. The molecule has 0 aliphatic heterocycles. The summed E-state index contributed by atoms with van der Waals surface area (Å²) in [5.74, 6) is -1.75. The van der Waals surface area contributed by atoms with Crippen molar-refractivity contribution in [1.29, 1.82) is 0 Å². The molecular formula is C18H16NO3-. The minimum absolute atomic E-state index is 0.364. The number of aliphatic carboxylic acids is 1. The highest BCUT2D eigenvalue weighted by Gasteiger charge is 2.12. The number of hydrogen-bond donors (Lipinski definition) is 0. The van der Waals surface area contributed by atoms with Crippen molar-refractivity contribution in [1.82, 2.24) is 4.90 Å². The summed E-state index contributed by atoms with van der Waals surface area (Å²) < 4.78 is 0. The number of rotatable bonds is 6. The zero-order chi connectivity index (χ0) is 15.8. The van der Waals surface area contributed by atoms with Crippen LogP contribution in [0, 0.1) is 0 Å². The van der Waals surface area contributed by atoms with Crippen LogP contribution in [0.25, 0.3) is 0 Å². The average Bonchev–Trinajstić information content (AvgIpc) is 2.54. The van der Waals surface area contributed by atoms with Gasteiger partial charge in [0.2, 0.25) is 5.91 Å². The van der Waals surface area contributed by atoms with E-state index in [1.54, 1.807) is 4.90 Å². The molecule has 0 unspecified atom stereocenters. The van der Waals surface area contributed by atoms with Crippen LogP contribution in [0.1, 0.15) is 11.1 Å². The summed E-state index contributed by atoms with van der Waals surface area (Å²) in [5, 5.41) is 10.5. The molecule has 0 bridgehead atoms. The first-order chi connectivity index (χ1) is 10.6. The Kier molecular flexibility index (Phi) is 5.49. The van der Waals surface area contributed by atoms with Gasteiger partial charge in [0.1, 0.15) is 0 Å². The van der Waals surface area contributed by atoms with Gasteiger partial charge in [0.25, 0.3) is 0 Å². The molecule has 0 spiro atoms. The van der Waals surface area contributed by atoms with Crippen molar-refractivity contribution in [3.63, 3.8) is 0 Å². The van der Waals surface area contributed by atoms with Gasteiger partial charge in [-0.3, -0.25) is 4.79 Å². The highest BCUT2D eigenvalue weighted by atomic mass is 16.4. The molecular weight excluding hydrogens is 278 g/mol. The predicted molar refractivity (Wildman–Crippen MR) is 81.3 cm³/mol. The molecule has 0 aliphatic carbocycles. The van der Waals surface area contributed by atoms with E-state index < -0.39 is 5.97 Å². The second-order valence-electron chi connectivity index (χ2n) is 4.82. The highest BCUT2D eigenvalue weighted by molar-refractivity contribution is 5.93.